The molecule has 18 heavy (non-hydrogen) atoms. The lowest BCUT2D eigenvalue weighted by molar-refractivity contribution is -0.157. The zero-order chi connectivity index (χ0) is 13.2. The molecule has 0 bridgehead atoms. The fourth-order valence-electron chi connectivity index (χ4n) is 2.08. The molecule has 1 aromatic carbocycles. The zero-order valence-electron chi connectivity index (χ0n) is 10.6. The van der Waals surface area contributed by atoms with Gasteiger partial charge >= 0.3 is 5.97 Å². The van der Waals surface area contributed by atoms with Gasteiger partial charge in [-0.15, -0.1) is 0 Å². The Morgan fingerprint density at radius 2 is 2.11 bits per heavy atom. The predicted molar refractivity (Wildman–Crippen MR) is 66.6 cm³/mol. The van der Waals surface area contributed by atoms with Crippen molar-refractivity contribution in [2.45, 2.75) is 32.9 Å². The van der Waals surface area contributed by atoms with Crippen LogP contribution < -0.4 is 5.32 Å². The molecule has 1 saturated heterocycles. The van der Waals surface area contributed by atoms with Crippen LogP contribution in [0.25, 0.3) is 0 Å². The first-order chi connectivity index (χ1) is 8.52. The maximum absolute atomic E-state index is 12.1. The largest absolute Gasteiger partial charge is 0.460 e. The van der Waals surface area contributed by atoms with E-state index in [-0.39, 0.29) is 30.9 Å². The van der Waals surface area contributed by atoms with E-state index in [0.29, 0.717) is 0 Å². The maximum Gasteiger partial charge on any atom is 0.314 e. The topological polar surface area (TPSA) is 55.4 Å². The molecule has 1 aliphatic heterocycles. The Balaban J connectivity index is 1.98. The highest BCUT2D eigenvalue weighted by molar-refractivity contribution is 5.90. The van der Waals surface area contributed by atoms with E-state index in [1.54, 1.807) is 6.92 Å². The van der Waals surface area contributed by atoms with Crippen molar-refractivity contribution < 1.29 is 14.3 Å². The average molecular weight is 247 g/mol. The minimum atomic E-state index is -0.758. The van der Waals surface area contributed by atoms with Gasteiger partial charge in [-0.25, -0.2) is 0 Å². The van der Waals surface area contributed by atoms with E-state index >= 15 is 0 Å². The van der Waals surface area contributed by atoms with Gasteiger partial charge in [0, 0.05) is 12.5 Å². The smallest absolute Gasteiger partial charge is 0.314 e. The van der Waals surface area contributed by atoms with E-state index in [2.05, 4.69) is 5.32 Å². The summed E-state index contributed by atoms with van der Waals surface area (Å²) in [6.45, 7) is 3.84. The average Bonchev–Trinajstić information content (AvgIpc) is 2.62. The van der Waals surface area contributed by atoms with E-state index < -0.39 is 5.41 Å². The Hall–Kier alpha value is -1.84. The molecule has 1 heterocycles. The van der Waals surface area contributed by atoms with E-state index in [0.717, 1.165) is 5.56 Å². The van der Waals surface area contributed by atoms with Gasteiger partial charge in [-0.1, -0.05) is 30.3 Å². The number of rotatable bonds is 3. The van der Waals surface area contributed by atoms with Crippen LogP contribution in [-0.4, -0.2) is 17.9 Å². The number of amides is 1. The molecule has 4 heteroatoms. The molecule has 1 fully saturated rings. The van der Waals surface area contributed by atoms with Crippen LogP contribution in [-0.2, 0) is 20.9 Å². The Morgan fingerprint density at radius 1 is 1.44 bits per heavy atom. The first-order valence-corrected chi connectivity index (χ1v) is 6.03. The van der Waals surface area contributed by atoms with Gasteiger partial charge in [0.15, 0.2) is 0 Å². The zero-order valence-corrected chi connectivity index (χ0v) is 10.6. The van der Waals surface area contributed by atoms with E-state index in [4.69, 9.17) is 4.74 Å². The summed E-state index contributed by atoms with van der Waals surface area (Å²) in [4.78, 5) is 23.4. The normalized spacial score (nSPS) is 26.8. The SMILES string of the molecule is C[C@@H]1NC(=O)C[C@]1(C)C(=O)OCc1ccccc1. The highest BCUT2D eigenvalue weighted by Crippen LogP contribution is 2.32. The molecule has 96 valence electrons. The molecule has 1 N–H and O–H groups in total. The lowest BCUT2D eigenvalue weighted by Crippen LogP contribution is -2.39. The van der Waals surface area contributed by atoms with Crippen molar-refractivity contribution >= 4 is 11.9 Å². The molecule has 1 aliphatic rings. The molecule has 0 aliphatic carbocycles. The number of esters is 1. The van der Waals surface area contributed by atoms with Gasteiger partial charge in [-0.3, -0.25) is 9.59 Å². The van der Waals surface area contributed by atoms with Crippen LogP contribution in [0.4, 0.5) is 0 Å². The van der Waals surface area contributed by atoms with Crippen LogP contribution in [0.3, 0.4) is 0 Å². The molecule has 0 spiro atoms. The van der Waals surface area contributed by atoms with Crippen molar-refractivity contribution in [3.63, 3.8) is 0 Å². The van der Waals surface area contributed by atoms with Gasteiger partial charge in [0.25, 0.3) is 0 Å². The highest BCUT2D eigenvalue weighted by atomic mass is 16.5. The van der Waals surface area contributed by atoms with Crippen LogP contribution in [0.1, 0.15) is 25.8 Å². The van der Waals surface area contributed by atoms with Crippen molar-refractivity contribution in [1.82, 2.24) is 5.32 Å². The van der Waals surface area contributed by atoms with Crippen molar-refractivity contribution in [2.24, 2.45) is 5.41 Å². The van der Waals surface area contributed by atoms with E-state index in [1.165, 1.54) is 0 Å². The monoisotopic (exact) mass is 247 g/mol. The summed E-state index contributed by atoms with van der Waals surface area (Å²) in [5, 5.41) is 2.75. The van der Waals surface area contributed by atoms with Gasteiger partial charge in [-0.2, -0.15) is 0 Å². The number of hydrogen-bond donors (Lipinski definition) is 1. The predicted octanol–water partition coefficient (Wildman–Crippen LogP) is 1.64. The Morgan fingerprint density at radius 3 is 2.67 bits per heavy atom. The first kappa shape index (κ1) is 12.6. The van der Waals surface area contributed by atoms with E-state index in [9.17, 15) is 9.59 Å². The molecule has 2 rings (SSSR count). The quantitative estimate of drug-likeness (QED) is 0.826. The van der Waals surface area contributed by atoms with Gasteiger partial charge < -0.3 is 10.1 Å². The Labute approximate surface area is 106 Å². The fraction of sp³-hybridized carbons (Fsp3) is 0.429. The minimum absolute atomic E-state index is 0.0957. The molecule has 0 saturated carbocycles. The van der Waals surface area contributed by atoms with Crippen LogP contribution >= 0.6 is 0 Å². The van der Waals surface area contributed by atoms with Crippen molar-refractivity contribution in [3.05, 3.63) is 35.9 Å². The van der Waals surface area contributed by atoms with Crippen molar-refractivity contribution in [2.75, 3.05) is 0 Å². The summed E-state index contributed by atoms with van der Waals surface area (Å²) in [7, 11) is 0. The molecule has 1 amide bonds. The van der Waals surface area contributed by atoms with Gasteiger partial charge in [0.2, 0.25) is 5.91 Å². The summed E-state index contributed by atoms with van der Waals surface area (Å²) < 4.78 is 5.30. The second-order valence-corrected chi connectivity index (χ2v) is 4.95. The number of nitrogens with one attached hydrogen (secondary N) is 1. The molecule has 0 radical (unpaired) electrons. The Kier molecular flexibility index (Phi) is 3.36. The lowest BCUT2D eigenvalue weighted by atomic mass is 9.83. The lowest BCUT2D eigenvalue weighted by Gasteiger charge is -2.24. The van der Waals surface area contributed by atoms with Gasteiger partial charge in [0.05, 0.1) is 5.41 Å². The molecular formula is C14H17NO3. The van der Waals surface area contributed by atoms with Gasteiger partial charge in [0.1, 0.15) is 6.61 Å². The third-order valence-corrected chi connectivity index (χ3v) is 3.54. The number of benzene rings is 1. The van der Waals surface area contributed by atoms with Crippen LogP contribution in [0.15, 0.2) is 30.3 Å². The minimum Gasteiger partial charge on any atom is -0.460 e. The summed E-state index contributed by atoms with van der Waals surface area (Å²) in [5.74, 6) is -0.418. The molecule has 4 nitrogen and oxygen atoms in total. The highest BCUT2D eigenvalue weighted by Gasteiger charge is 2.47. The Bertz CT molecular complexity index is 457. The number of ether oxygens (including phenoxy) is 1. The molecule has 0 aromatic heterocycles. The summed E-state index contributed by atoms with van der Waals surface area (Å²) in [5.41, 5.74) is 0.186. The van der Waals surface area contributed by atoms with Crippen LogP contribution in [0.5, 0.6) is 0 Å². The second-order valence-electron chi connectivity index (χ2n) is 4.95. The van der Waals surface area contributed by atoms with Crippen LogP contribution in [0, 0.1) is 5.41 Å². The van der Waals surface area contributed by atoms with E-state index in [1.807, 2.05) is 37.3 Å². The maximum atomic E-state index is 12.1. The third kappa shape index (κ3) is 2.37. The van der Waals surface area contributed by atoms with Crippen LogP contribution in [0.2, 0.25) is 0 Å². The number of carbonyl (C=O) groups excluding carboxylic acids is 2. The third-order valence-electron chi connectivity index (χ3n) is 3.54. The molecule has 2 atom stereocenters. The van der Waals surface area contributed by atoms with Gasteiger partial charge in [-0.05, 0) is 19.4 Å². The van der Waals surface area contributed by atoms with Crippen molar-refractivity contribution in [3.8, 4) is 0 Å². The molecule has 1 aromatic rings. The summed E-state index contributed by atoms with van der Waals surface area (Å²) >= 11 is 0. The summed E-state index contributed by atoms with van der Waals surface area (Å²) in [6.07, 6.45) is 0.196. The molecule has 0 unspecified atom stereocenters. The number of carbonyl (C=O) groups is 2. The fourth-order valence-corrected chi connectivity index (χ4v) is 2.08. The first-order valence-electron chi connectivity index (χ1n) is 6.03. The van der Waals surface area contributed by atoms with Crippen molar-refractivity contribution in [1.29, 1.82) is 0 Å². The standard InChI is InChI=1S/C14H17NO3/c1-10-14(2,8-12(16)15-10)13(17)18-9-11-6-4-3-5-7-11/h3-7,10H,8-9H2,1-2H3,(H,15,16)/t10-,14-/m0/s1. The second kappa shape index (κ2) is 4.80. The summed E-state index contributed by atoms with van der Waals surface area (Å²) in [6, 6.07) is 9.32. The molecular weight excluding hydrogens is 230 g/mol. The number of hydrogen-bond acceptors (Lipinski definition) is 3.